The van der Waals surface area contributed by atoms with Crippen LogP contribution in [0, 0.1) is 5.41 Å². The van der Waals surface area contributed by atoms with Crippen molar-refractivity contribution in [2.75, 3.05) is 13.6 Å². The molecule has 0 bridgehead atoms. The summed E-state index contributed by atoms with van der Waals surface area (Å²) in [4.78, 5) is 0. The van der Waals surface area contributed by atoms with Crippen molar-refractivity contribution in [1.29, 1.82) is 0 Å². The number of hydrogen-bond donors (Lipinski definition) is 1. The quantitative estimate of drug-likeness (QED) is 0.764. The van der Waals surface area contributed by atoms with E-state index in [9.17, 15) is 0 Å². The zero-order chi connectivity index (χ0) is 14.9. The van der Waals surface area contributed by atoms with Gasteiger partial charge in [0.05, 0.1) is 0 Å². The molecule has 0 aliphatic heterocycles. The lowest BCUT2D eigenvalue weighted by atomic mass is 9.48. The van der Waals surface area contributed by atoms with Crippen LogP contribution in [0.4, 0.5) is 0 Å². The predicted octanol–water partition coefficient (Wildman–Crippen LogP) is 5.59. The molecule has 0 heterocycles. The van der Waals surface area contributed by atoms with E-state index in [2.05, 4.69) is 11.4 Å². The SMILES string of the molecule is CNCC1(c2ccc(Cl)cc2Cl)CC2(CCCCCC2)C1. The van der Waals surface area contributed by atoms with Crippen molar-refractivity contribution in [2.24, 2.45) is 5.41 Å². The molecule has 2 aliphatic carbocycles. The molecule has 0 radical (unpaired) electrons. The fourth-order valence-electron chi connectivity index (χ4n) is 4.88. The van der Waals surface area contributed by atoms with Gasteiger partial charge in [-0.2, -0.15) is 0 Å². The van der Waals surface area contributed by atoms with Crippen LogP contribution in [0.1, 0.15) is 56.9 Å². The second-order valence-corrected chi connectivity index (χ2v) is 8.05. The van der Waals surface area contributed by atoms with Crippen molar-refractivity contribution in [3.05, 3.63) is 33.8 Å². The van der Waals surface area contributed by atoms with Crippen LogP contribution in [0.2, 0.25) is 10.0 Å². The molecule has 116 valence electrons. The summed E-state index contributed by atoms with van der Waals surface area (Å²) in [5.41, 5.74) is 2.08. The van der Waals surface area contributed by atoms with Gasteiger partial charge in [0.1, 0.15) is 0 Å². The van der Waals surface area contributed by atoms with Crippen LogP contribution in [-0.2, 0) is 5.41 Å². The van der Waals surface area contributed by atoms with Gasteiger partial charge in [-0.25, -0.2) is 0 Å². The minimum absolute atomic E-state index is 0.209. The summed E-state index contributed by atoms with van der Waals surface area (Å²) in [5.74, 6) is 0. The normalized spacial score (nSPS) is 23.6. The van der Waals surface area contributed by atoms with Crippen LogP contribution in [0.5, 0.6) is 0 Å². The van der Waals surface area contributed by atoms with Crippen molar-refractivity contribution in [3.63, 3.8) is 0 Å². The highest BCUT2D eigenvalue weighted by atomic mass is 35.5. The fourth-order valence-corrected chi connectivity index (χ4v) is 5.49. The molecule has 1 N–H and O–H groups in total. The van der Waals surface area contributed by atoms with Gasteiger partial charge in [0.2, 0.25) is 0 Å². The average molecular weight is 326 g/mol. The van der Waals surface area contributed by atoms with E-state index in [1.165, 1.54) is 56.9 Å². The smallest absolute Gasteiger partial charge is 0.0458 e. The molecule has 3 rings (SSSR count). The van der Waals surface area contributed by atoms with Crippen LogP contribution in [-0.4, -0.2) is 13.6 Å². The Labute approximate surface area is 138 Å². The van der Waals surface area contributed by atoms with Crippen LogP contribution < -0.4 is 5.32 Å². The van der Waals surface area contributed by atoms with E-state index < -0.39 is 0 Å². The molecule has 1 aromatic rings. The third-order valence-corrected chi connectivity index (χ3v) is 6.16. The van der Waals surface area contributed by atoms with Crippen molar-refractivity contribution in [1.82, 2.24) is 5.32 Å². The molecule has 2 saturated carbocycles. The Balaban J connectivity index is 1.85. The summed E-state index contributed by atoms with van der Waals surface area (Å²) in [5, 5.41) is 4.96. The molecule has 2 fully saturated rings. The highest BCUT2D eigenvalue weighted by molar-refractivity contribution is 6.35. The van der Waals surface area contributed by atoms with Gasteiger partial charge in [0.15, 0.2) is 0 Å². The molecular weight excluding hydrogens is 301 g/mol. The van der Waals surface area contributed by atoms with E-state index >= 15 is 0 Å². The van der Waals surface area contributed by atoms with Gasteiger partial charge in [0, 0.05) is 22.0 Å². The number of rotatable bonds is 3. The Morgan fingerprint density at radius 2 is 1.71 bits per heavy atom. The van der Waals surface area contributed by atoms with E-state index in [4.69, 9.17) is 23.2 Å². The summed E-state index contributed by atoms with van der Waals surface area (Å²) in [7, 11) is 2.05. The fraction of sp³-hybridized carbons (Fsp3) is 0.667. The highest BCUT2D eigenvalue weighted by Gasteiger charge is 2.54. The summed E-state index contributed by atoms with van der Waals surface area (Å²) in [6, 6.07) is 6.03. The van der Waals surface area contributed by atoms with Gasteiger partial charge < -0.3 is 5.32 Å². The monoisotopic (exact) mass is 325 g/mol. The van der Waals surface area contributed by atoms with Crippen LogP contribution in [0.25, 0.3) is 0 Å². The zero-order valence-electron chi connectivity index (χ0n) is 12.9. The lowest BCUT2D eigenvalue weighted by Gasteiger charge is -2.57. The third kappa shape index (κ3) is 2.98. The van der Waals surface area contributed by atoms with E-state index in [0.29, 0.717) is 5.41 Å². The van der Waals surface area contributed by atoms with Gasteiger partial charge in [-0.05, 0) is 55.8 Å². The van der Waals surface area contributed by atoms with Gasteiger partial charge in [-0.15, -0.1) is 0 Å². The Morgan fingerprint density at radius 3 is 2.29 bits per heavy atom. The summed E-state index contributed by atoms with van der Waals surface area (Å²) in [6.07, 6.45) is 11.0. The molecular formula is C18H25Cl2N. The molecule has 0 atom stereocenters. The Morgan fingerprint density at radius 1 is 1.05 bits per heavy atom. The third-order valence-electron chi connectivity index (χ3n) is 5.61. The molecule has 0 amide bonds. The second-order valence-electron chi connectivity index (χ2n) is 7.20. The predicted molar refractivity (Wildman–Crippen MR) is 91.4 cm³/mol. The standard InChI is InChI=1S/C18H25Cl2N/c1-21-13-18(15-7-6-14(19)10-16(15)20)11-17(12-18)8-4-2-3-5-9-17/h6-7,10,21H,2-5,8-9,11-13H2,1H3. The first-order valence-corrected chi connectivity index (χ1v) is 8.95. The first kappa shape index (κ1) is 15.6. The molecule has 1 nitrogen and oxygen atoms in total. The van der Waals surface area contributed by atoms with E-state index in [1.807, 2.05) is 19.2 Å². The lowest BCUT2D eigenvalue weighted by molar-refractivity contribution is 0.00728. The van der Waals surface area contributed by atoms with Gasteiger partial charge >= 0.3 is 0 Å². The van der Waals surface area contributed by atoms with E-state index in [0.717, 1.165) is 16.6 Å². The molecule has 1 spiro atoms. The van der Waals surface area contributed by atoms with Crippen LogP contribution in [0.15, 0.2) is 18.2 Å². The van der Waals surface area contributed by atoms with Crippen molar-refractivity contribution in [2.45, 2.75) is 56.8 Å². The molecule has 2 aliphatic rings. The number of benzene rings is 1. The molecule has 0 aromatic heterocycles. The lowest BCUT2D eigenvalue weighted by Crippen LogP contribution is -2.54. The summed E-state index contributed by atoms with van der Waals surface area (Å²) in [6.45, 7) is 1.01. The minimum atomic E-state index is 0.209. The molecule has 21 heavy (non-hydrogen) atoms. The molecule has 3 heteroatoms. The largest absolute Gasteiger partial charge is 0.319 e. The summed E-state index contributed by atoms with van der Waals surface area (Å²) < 4.78 is 0. The van der Waals surface area contributed by atoms with Crippen LogP contribution >= 0.6 is 23.2 Å². The topological polar surface area (TPSA) is 12.0 Å². The summed E-state index contributed by atoms with van der Waals surface area (Å²) >= 11 is 12.6. The maximum absolute atomic E-state index is 6.51. The van der Waals surface area contributed by atoms with E-state index in [1.54, 1.807) is 0 Å². The Kier molecular flexibility index (Phi) is 4.55. The van der Waals surface area contributed by atoms with Crippen molar-refractivity contribution in [3.8, 4) is 0 Å². The van der Waals surface area contributed by atoms with Gasteiger partial charge in [-0.3, -0.25) is 0 Å². The number of nitrogens with one attached hydrogen (secondary N) is 1. The first-order valence-electron chi connectivity index (χ1n) is 8.19. The Bertz CT molecular complexity index is 496. The average Bonchev–Trinajstić information content (AvgIpc) is 2.64. The van der Waals surface area contributed by atoms with Crippen molar-refractivity contribution >= 4 is 23.2 Å². The Hall–Kier alpha value is -0.240. The zero-order valence-corrected chi connectivity index (χ0v) is 14.4. The molecule has 1 aromatic carbocycles. The van der Waals surface area contributed by atoms with Crippen molar-refractivity contribution < 1.29 is 0 Å². The maximum Gasteiger partial charge on any atom is 0.0458 e. The second kappa shape index (κ2) is 6.10. The van der Waals surface area contributed by atoms with Gasteiger partial charge in [0.25, 0.3) is 0 Å². The first-order chi connectivity index (χ1) is 10.1. The van der Waals surface area contributed by atoms with Gasteiger partial charge in [-0.1, -0.05) is 55.0 Å². The maximum atomic E-state index is 6.51. The number of hydrogen-bond acceptors (Lipinski definition) is 1. The highest BCUT2D eigenvalue weighted by Crippen LogP contribution is 2.62. The van der Waals surface area contributed by atoms with E-state index in [-0.39, 0.29) is 5.41 Å². The number of halogens is 2. The molecule has 0 unspecified atom stereocenters. The minimum Gasteiger partial charge on any atom is -0.319 e. The number of likely N-dealkylation sites (N-methyl/N-ethyl adjacent to an activating group) is 1. The van der Waals surface area contributed by atoms with Crippen LogP contribution in [0.3, 0.4) is 0 Å². The molecule has 0 saturated heterocycles.